The van der Waals surface area contributed by atoms with E-state index in [1.54, 1.807) is 0 Å². The summed E-state index contributed by atoms with van der Waals surface area (Å²) in [6.07, 6.45) is 2.56. The van der Waals surface area contributed by atoms with Crippen molar-refractivity contribution < 1.29 is 12.8 Å². The standard InChI is InChI=1S/C14H20ClFN2O2S/c1-8-3-4-10(5-9(8)2)18-21(19,20)14-7-13(17)12(16)6-11(14)15/h6-10,18H,3-5,17H2,1-2H3. The van der Waals surface area contributed by atoms with E-state index in [0.29, 0.717) is 11.8 Å². The van der Waals surface area contributed by atoms with Crippen molar-refractivity contribution in [2.45, 2.75) is 44.0 Å². The average Bonchev–Trinajstić information content (AvgIpc) is 2.37. The van der Waals surface area contributed by atoms with Gasteiger partial charge in [0.1, 0.15) is 10.7 Å². The van der Waals surface area contributed by atoms with Gasteiger partial charge < -0.3 is 5.73 Å². The molecule has 0 bridgehead atoms. The predicted octanol–water partition coefficient (Wildman–Crippen LogP) is 3.16. The van der Waals surface area contributed by atoms with Crippen LogP contribution < -0.4 is 10.5 Å². The fourth-order valence-electron chi connectivity index (χ4n) is 2.69. The summed E-state index contributed by atoms with van der Waals surface area (Å²) in [5, 5.41) is -0.161. The zero-order valence-corrected chi connectivity index (χ0v) is 13.6. The number of nitrogens with two attached hydrogens (primary N) is 1. The van der Waals surface area contributed by atoms with Crippen molar-refractivity contribution in [3.8, 4) is 0 Å². The largest absolute Gasteiger partial charge is 0.396 e. The summed E-state index contributed by atoms with van der Waals surface area (Å²) in [4.78, 5) is -0.172. The van der Waals surface area contributed by atoms with E-state index in [1.165, 1.54) is 0 Å². The summed E-state index contributed by atoms with van der Waals surface area (Å²) >= 11 is 5.84. The summed E-state index contributed by atoms with van der Waals surface area (Å²) in [6, 6.07) is 1.87. The smallest absolute Gasteiger partial charge is 0.242 e. The lowest BCUT2D eigenvalue weighted by Gasteiger charge is -2.32. The fraction of sp³-hybridized carbons (Fsp3) is 0.571. The van der Waals surface area contributed by atoms with E-state index >= 15 is 0 Å². The molecule has 7 heteroatoms. The Hall–Kier alpha value is -0.850. The number of anilines is 1. The second-order valence-corrected chi connectivity index (χ2v) is 7.98. The lowest BCUT2D eigenvalue weighted by molar-refractivity contribution is 0.242. The Morgan fingerprint density at radius 2 is 1.95 bits per heavy atom. The van der Waals surface area contributed by atoms with Gasteiger partial charge in [-0.2, -0.15) is 0 Å². The maximum absolute atomic E-state index is 13.3. The number of hydrogen-bond donors (Lipinski definition) is 2. The first-order valence-electron chi connectivity index (χ1n) is 6.97. The molecule has 1 aromatic carbocycles. The molecule has 2 rings (SSSR count). The van der Waals surface area contributed by atoms with Gasteiger partial charge in [-0.15, -0.1) is 0 Å². The first-order valence-corrected chi connectivity index (χ1v) is 8.83. The topological polar surface area (TPSA) is 72.2 Å². The van der Waals surface area contributed by atoms with Gasteiger partial charge >= 0.3 is 0 Å². The molecule has 118 valence electrons. The molecule has 1 saturated carbocycles. The summed E-state index contributed by atoms with van der Waals surface area (Å²) in [7, 11) is -3.80. The maximum atomic E-state index is 13.3. The molecule has 0 saturated heterocycles. The molecule has 3 N–H and O–H groups in total. The van der Waals surface area contributed by atoms with Crippen molar-refractivity contribution >= 4 is 27.3 Å². The van der Waals surface area contributed by atoms with Crippen LogP contribution in [-0.2, 0) is 10.0 Å². The fourth-order valence-corrected chi connectivity index (χ4v) is 4.52. The molecule has 3 atom stereocenters. The molecular weight excluding hydrogens is 315 g/mol. The number of nitrogen functional groups attached to an aromatic ring is 1. The zero-order chi connectivity index (χ0) is 15.8. The van der Waals surface area contributed by atoms with Crippen molar-refractivity contribution in [1.29, 1.82) is 0 Å². The first-order chi connectivity index (χ1) is 9.70. The second-order valence-electron chi connectivity index (χ2n) is 5.89. The minimum Gasteiger partial charge on any atom is -0.396 e. The van der Waals surface area contributed by atoms with Crippen LogP contribution in [0.2, 0.25) is 5.02 Å². The van der Waals surface area contributed by atoms with E-state index in [0.717, 1.165) is 31.4 Å². The number of halogens is 2. The molecule has 1 aliphatic rings. The monoisotopic (exact) mass is 334 g/mol. The van der Waals surface area contributed by atoms with Crippen LogP contribution in [0.5, 0.6) is 0 Å². The molecule has 1 aliphatic carbocycles. The van der Waals surface area contributed by atoms with Gasteiger partial charge in [0.05, 0.1) is 10.7 Å². The molecule has 1 fully saturated rings. The molecule has 0 heterocycles. The van der Waals surface area contributed by atoms with Gasteiger partial charge in [-0.3, -0.25) is 0 Å². The summed E-state index contributed by atoms with van der Waals surface area (Å²) in [6.45, 7) is 4.29. The molecule has 1 aromatic rings. The highest BCUT2D eigenvalue weighted by Gasteiger charge is 2.29. The van der Waals surface area contributed by atoms with E-state index in [1.807, 2.05) is 0 Å². The Kier molecular flexibility index (Phi) is 4.80. The van der Waals surface area contributed by atoms with Crippen molar-refractivity contribution in [1.82, 2.24) is 4.72 Å². The van der Waals surface area contributed by atoms with Gasteiger partial charge in [-0.25, -0.2) is 17.5 Å². The Bertz CT molecular complexity index is 636. The number of rotatable bonds is 3. The maximum Gasteiger partial charge on any atom is 0.242 e. The summed E-state index contributed by atoms with van der Waals surface area (Å²) in [5.74, 6) is 0.329. The van der Waals surface area contributed by atoms with Gasteiger partial charge in [0.2, 0.25) is 10.0 Å². The third-order valence-corrected chi connectivity index (χ3v) is 6.25. The third kappa shape index (κ3) is 3.67. The number of hydrogen-bond acceptors (Lipinski definition) is 3. The first kappa shape index (κ1) is 16.5. The molecular formula is C14H20ClFN2O2S. The van der Waals surface area contributed by atoms with E-state index in [2.05, 4.69) is 18.6 Å². The number of sulfonamides is 1. The van der Waals surface area contributed by atoms with Crippen LogP contribution in [0, 0.1) is 17.7 Å². The Morgan fingerprint density at radius 1 is 1.29 bits per heavy atom. The Balaban J connectivity index is 2.21. The van der Waals surface area contributed by atoms with Gasteiger partial charge in [-0.1, -0.05) is 25.4 Å². The van der Waals surface area contributed by atoms with Crippen LogP contribution in [0.15, 0.2) is 17.0 Å². The SMILES string of the molecule is CC1CCC(NS(=O)(=O)c2cc(N)c(F)cc2Cl)CC1C. The zero-order valence-electron chi connectivity index (χ0n) is 12.1. The minimum atomic E-state index is -3.80. The van der Waals surface area contributed by atoms with Crippen LogP contribution in [0.25, 0.3) is 0 Å². The normalized spacial score (nSPS) is 26.8. The molecule has 0 aromatic heterocycles. The van der Waals surface area contributed by atoms with Gasteiger partial charge in [-0.05, 0) is 43.2 Å². The van der Waals surface area contributed by atoms with Crippen LogP contribution in [-0.4, -0.2) is 14.5 Å². The van der Waals surface area contributed by atoms with Crippen molar-refractivity contribution in [2.24, 2.45) is 11.8 Å². The van der Waals surface area contributed by atoms with Crippen molar-refractivity contribution in [2.75, 3.05) is 5.73 Å². The highest BCUT2D eigenvalue weighted by Crippen LogP contribution is 2.31. The quantitative estimate of drug-likeness (QED) is 0.834. The molecule has 0 amide bonds. The molecule has 0 radical (unpaired) electrons. The molecule has 0 aliphatic heterocycles. The number of benzene rings is 1. The lowest BCUT2D eigenvalue weighted by Crippen LogP contribution is -2.39. The third-order valence-electron chi connectivity index (χ3n) is 4.26. The van der Waals surface area contributed by atoms with Crippen LogP contribution in [0.3, 0.4) is 0 Å². The van der Waals surface area contributed by atoms with Crippen LogP contribution >= 0.6 is 11.6 Å². The molecule has 21 heavy (non-hydrogen) atoms. The van der Waals surface area contributed by atoms with Crippen LogP contribution in [0.4, 0.5) is 10.1 Å². The molecule has 0 spiro atoms. The minimum absolute atomic E-state index is 0.122. The Morgan fingerprint density at radius 3 is 2.57 bits per heavy atom. The van der Waals surface area contributed by atoms with Crippen LogP contribution in [0.1, 0.15) is 33.1 Å². The summed E-state index contributed by atoms with van der Waals surface area (Å²) in [5.41, 5.74) is 5.20. The second kappa shape index (κ2) is 6.10. The van der Waals surface area contributed by atoms with Gasteiger partial charge in [0, 0.05) is 6.04 Å². The lowest BCUT2D eigenvalue weighted by atomic mass is 9.79. The Labute approximate surface area is 129 Å². The molecule has 4 nitrogen and oxygen atoms in total. The van der Waals surface area contributed by atoms with Crippen molar-refractivity contribution in [3.05, 3.63) is 23.0 Å². The van der Waals surface area contributed by atoms with Gasteiger partial charge in [0.25, 0.3) is 0 Å². The summed E-state index contributed by atoms with van der Waals surface area (Å²) < 4.78 is 40.7. The van der Waals surface area contributed by atoms with E-state index in [9.17, 15) is 12.8 Å². The van der Waals surface area contributed by atoms with Gasteiger partial charge in [0.15, 0.2) is 0 Å². The number of nitrogens with one attached hydrogen (secondary N) is 1. The predicted molar refractivity (Wildman–Crippen MR) is 82.1 cm³/mol. The average molecular weight is 335 g/mol. The van der Waals surface area contributed by atoms with Crippen molar-refractivity contribution in [3.63, 3.8) is 0 Å². The molecule has 3 unspecified atom stereocenters. The highest BCUT2D eigenvalue weighted by molar-refractivity contribution is 7.89. The van der Waals surface area contributed by atoms with E-state index in [4.69, 9.17) is 17.3 Å². The van der Waals surface area contributed by atoms with E-state index < -0.39 is 15.8 Å². The van der Waals surface area contributed by atoms with E-state index in [-0.39, 0.29) is 21.6 Å². The highest BCUT2D eigenvalue weighted by atomic mass is 35.5.